The van der Waals surface area contributed by atoms with Crippen LogP contribution in [0, 0.1) is 29.1 Å². The molecule has 0 unspecified atom stereocenters. The lowest BCUT2D eigenvalue weighted by molar-refractivity contribution is 0.112. The van der Waals surface area contributed by atoms with Crippen molar-refractivity contribution in [3.8, 4) is 17.0 Å². The van der Waals surface area contributed by atoms with Crippen LogP contribution in [0.25, 0.3) is 11.1 Å². The highest BCUT2D eigenvalue weighted by Crippen LogP contribution is 2.33. The van der Waals surface area contributed by atoms with Gasteiger partial charge in [0, 0.05) is 23.4 Å². The Kier molecular flexibility index (Phi) is 3.88. The molecule has 0 aliphatic rings. The molecule has 2 aromatic rings. The summed E-state index contributed by atoms with van der Waals surface area (Å²) in [5.74, 6) is -10.6. The van der Waals surface area contributed by atoms with Crippen LogP contribution < -0.4 is 4.74 Å². The molecule has 0 amide bonds. The molecular formula is C13H6F5NO2. The number of aromatic nitrogens is 1. The standard InChI is InChI=1S/C13H6F5NO2/c1-21-7-2-5(4-20)6(3-19-7)8-9(14)11(16)13(18)12(17)10(8)15/h2-4H,1H3. The van der Waals surface area contributed by atoms with Crippen LogP contribution in [0.2, 0.25) is 0 Å². The Balaban J connectivity index is 2.82. The SMILES string of the molecule is COc1cc(C=O)c(-c2c(F)c(F)c(F)c(F)c2F)cn1. The van der Waals surface area contributed by atoms with Gasteiger partial charge in [0.2, 0.25) is 11.7 Å². The Morgan fingerprint density at radius 2 is 1.52 bits per heavy atom. The van der Waals surface area contributed by atoms with Crippen LogP contribution in [0.3, 0.4) is 0 Å². The molecule has 21 heavy (non-hydrogen) atoms. The number of rotatable bonds is 3. The van der Waals surface area contributed by atoms with Gasteiger partial charge in [-0.25, -0.2) is 26.9 Å². The molecule has 3 nitrogen and oxygen atoms in total. The van der Waals surface area contributed by atoms with Crippen LogP contribution in [-0.2, 0) is 0 Å². The minimum atomic E-state index is -2.28. The molecule has 0 spiro atoms. The zero-order valence-electron chi connectivity index (χ0n) is 10.4. The summed E-state index contributed by atoms with van der Waals surface area (Å²) in [7, 11) is 1.23. The van der Waals surface area contributed by atoms with E-state index in [9.17, 15) is 26.7 Å². The third-order valence-electron chi connectivity index (χ3n) is 2.73. The van der Waals surface area contributed by atoms with E-state index in [0.717, 1.165) is 12.3 Å². The number of carbonyl (C=O) groups excluding carboxylic acids is 1. The van der Waals surface area contributed by atoms with Crippen LogP contribution >= 0.6 is 0 Å². The number of pyridine rings is 1. The van der Waals surface area contributed by atoms with Gasteiger partial charge in [-0.3, -0.25) is 4.79 Å². The zero-order valence-corrected chi connectivity index (χ0v) is 10.4. The highest BCUT2D eigenvalue weighted by molar-refractivity contribution is 5.88. The van der Waals surface area contributed by atoms with Crippen molar-refractivity contribution in [3.63, 3.8) is 0 Å². The third-order valence-corrected chi connectivity index (χ3v) is 2.73. The quantitative estimate of drug-likeness (QED) is 0.378. The van der Waals surface area contributed by atoms with Gasteiger partial charge in [-0.15, -0.1) is 0 Å². The van der Waals surface area contributed by atoms with Crippen LogP contribution in [0.1, 0.15) is 10.4 Å². The van der Waals surface area contributed by atoms with Gasteiger partial charge in [0.15, 0.2) is 29.6 Å². The van der Waals surface area contributed by atoms with Gasteiger partial charge in [-0.2, -0.15) is 0 Å². The molecule has 0 aliphatic heterocycles. The van der Waals surface area contributed by atoms with Crippen molar-refractivity contribution in [2.45, 2.75) is 0 Å². The second-order valence-electron chi connectivity index (χ2n) is 3.88. The number of hydrogen-bond donors (Lipinski definition) is 0. The first-order chi connectivity index (χ1) is 9.92. The van der Waals surface area contributed by atoms with Gasteiger partial charge in [0.05, 0.1) is 12.7 Å². The lowest BCUT2D eigenvalue weighted by Gasteiger charge is -2.10. The number of methoxy groups -OCH3 is 1. The van der Waals surface area contributed by atoms with E-state index in [-0.39, 0.29) is 17.7 Å². The highest BCUT2D eigenvalue weighted by atomic mass is 19.2. The molecule has 8 heteroatoms. The maximum atomic E-state index is 13.7. The van der Waals surface area contributed by atoms with E-state index >= 15 is 0 Å². The van der Waals surface area contributed by atoms with Crippen LogP contribution in [0.5, 0.6) is 5.88 Å². The van der Waals surface area contributed by atoms with E-state index in [2.05, 4.69) is 4.98 Å². The summed E-state index contributed by atoms with van der Waals surface area (Å²) in [6.07, 6.45) is 0.985. The first-order valence-electron chi connectivity index (χ1n) is 5.43. The summed E-state index contributed by atoms with van der Waals surface area (Å²) in [5.41, 5.74) is -2.08. The number of ether oxygens (including phenoxy) is 1. The van der Waals surface area contributed by atoms with E-state index in [4.69, 9.17) is 4.74 Å². The average Bonchev–Trinajstić information content (AvgIpc) is 2.51. The Morgan fingerprint density at radius 1 is 1.00 bits per heavy atom. The van der Waals surface area contributed by atoms with Crippen molar-refractivity contribution in [2.24, 2.45) is 0 Å². The Morgan fingerprint density at radius 3 is 2.00 bits per heavy atom. The van der Waals surface area contributed by atoms with E-state index < -0.39 is 40.2 Å². The highest BCUT2D eigenvalue weighted by Gasteiger charge is 2.28. The maximum Gasteiger partial charge on any atom is 0.213 e. The molecule has 0 saturated heterocycles. The predicted octanol–water partition coefficient (Wildman–Crippen LogP) is 3.27. The van der Waals surface area contributed by atoms with Crippen molar-refractivity contribution in [3.05, 3.63) is 46.9 Å². The molecule has 0 fully saturated rings. The normalized spacial score (nSPS) is 10.6. The largest absolute Gasteiger partial charge is 0.481 e. The van der Waals surface area contributed by atoms with Crippen molar-refractivity contribution in [2.75, 3.05) is 7.11 Å². The summed E-state index contributed by atoms with van der Waals surface area (Å²) in [5, 5.41) is 0. The minimum Gasteiger partial charge on any atom is -0.481 e. The molecule has 1 heterocycles. The maximum absolute atomic E-state index is 13.7. The topological polar surface area (TPSA) is 39.2 Å². The van der Waals surface area contributed by atoms with Gasteiger partial charge in [-0.05, 0) is 0 Å². The number of hydrogen-bond acceptors (Lipinski definition) is 3. The second kappa shape index (κ2) is 5.47. The van der Waals surface area contributed by atoms with Crippen molar-refractivity contribution in [1.82, 2.24) is 4.98 Å². The number of carbonyl (C=O) groups is 1. The number of aldehydes is 1. The Bertz CT molecular complexity index is 704. The average molecular weight is 303 g/mol. The summed E-state index contributed by atoms with van der Waals surface area (Å²) in [6, 6.07) is 1.01. The van der Waals surface area contributed by atoms with Crippen molar-refractivity contribution < 1.29 is 31.5 Å². The van der Waals surface area contributed by atoms with Crippen molar-refractivity contribution >= 4 is 6.29 Å². The van der Waals surface area contributed by atoms with Gasteiger partial charge >= 0.3 is 0 Å². The van der Waals surface area contributed by atoms with E-state index in [1.54, 1.807) is 0 Å². The van der Waals surface area contributed by atoms with E-state index in [1.165, 1.54) is 7.11 Å². The van der Waals surface area contributed by atoms with E-state index in [0.29, 0.717) is 0 Å². The monoisotopic (exact) mass is 303 g/mol. The summed E-state index contributed by atoms with van der Waals surface area (Å²) < 4.78 is 71.4. The molecular weight excluding hydrogens is 297 g/mol. The van der Waals surface area contributed by atoms with Gasteiger partial charge in [0.1, 0.15) is 0 Å². The lowest BCUT2D eigenvalue weighted by Crippen LogP contribution is -2.06. The van der Waals surface area contributed by atoms with Gasteiger partial charge < -0.3 is 4.74 Å². The molecule has 110 valence electrons. The molecule has 2 rings (SSSR count). The fraction of sp³-hybridized carbons (Fsp3) is 0.0769. The Labute approximate surface area is 115 Å². The predicted molar refractivity (Wildman–Crippen MR) is 61.4 cm³/mol. The molecule has 0 atom stereocenters. The molecule has 0 radical (unpaired) electrons. The Hall–Kier alpha value is -2.51. The smallest absolute Gasteiger partial charge is 0.213 e. The van der Waals surface area contributed by atoms with Crippen LogP contribution in [0.4, 0.5) is 22.0 Å². The summed E-state index contributed by atoms with van der Waals surface area (Å²) in [6.45, 7) is 0. The first-order valence-corrected chi connectivity index (χ1v) is 5.43. The third kappa shape index (κ3) is 2.32. The minimum absolute atomic E-state index is 0.0512. The van der Waals surface area contributed by atoms with Crippen LogP contribution in [0.15, 0.2) is 12.3 Å². The first kappa shape index (κ1) is 14.9. The van der Waals surface area contributed by atoms with E-state index in [1.807, 2.05) is 0 Å². The molecule has 0 N–H and O–H groups in total. The molecule has 0 aliphatic carbocycles. The fourth-order valence-electron chi connectivity index (χ4n) is 1.71. The number of halogens is 5. The van der Waals surface area contributed by atoms with Gasteiger partial charge in [0.25, 0.3) is 0 Å². The van der Waals surface area contributed by atoms with Crippen molar-refractivity contribution in [1.29, 1.82) is 0 Å². The summed E-state index contributed by atoms with van der Waals surface area (Å²) in [4.78, 5) is 14.5. The zero-order chi connectivity index (χ0) is 15.7. The number of benzene rings is 1. The molecule has 1 aromatic heterocycles. The number of nitrogens with zero attached hydrogens (tertiary/aromatic N) is 1. The molecule has 1 aromatic carbocycles. The van der Waals surface area contributed by atoms with Crippen LogP contribution in [-0.4, -0.2) is 18.4 Å². The van der Waals surface area contributed by atoms with Gasteiger partial charge in [-0.1, -0.05) is 0 Å². The summed E-state index contributed by atoms with van der Waals surface area (Å²) >= 11 is 0. The molecule has 0 bridgehead atoms. The second-order valence-corrected chi connectivity index (χ2v) is 3.88. The lowest BCUT2D eigenvalue weighted by atomic mass is 10.0. The molecule has 0 saturated carbocycles. The fourth-order valence-corrected chi connectivity index (χ4v) is 1.71.